The van der Waals surface area contributed by atoms with Gasteiger partial charge in [0.1, 0.15) is 16.5 Å². The van der Waals surface area contributed by atoms with E-state index < -0.39 is 5.66 Å². The molecule has 5 nitrogen and oxygen atoms in total. The van der Waals surface area contributed by atoms with Gasteiger partial charge in [-0.15, -0.1) is 0 Å². The maximum atomic E-state index is 12.3. The van der Waals surface area contributed by atoms with Crippen molar-refractivity contribution in [1.82, 2.24) is 0 Å². The number of rotatable bonds is 5. The Labute approximate surface area is 167 Å². The molecule has 7 heteroatoms. The Bertz CT molecular complexity index is 890. The molecule has 0 saturated heterocycles. The van der Waals surface area contributed by atoms with Crippen LogP contribution in [0, 0.1) is 0 Å². The van der Waals surface area contributed by atoms with Crippen molar-refractivity contribution in [1.29, 1.82) is 0 Å². The van der Waals surface area contributed by atoms with Gasteiger partial charge in [0.25, 0.3) is 0 Å². The van der Waals surface area contributed by atoms with Crippen molar-refractivity contribution in [3.8, 4) is 5.75 Å². The van der Waals surface area contributed by atoms with E-state index in [1.807, 2.05) is 38.1 Å². The molecule has 0 unspecified atom stereocenters. The number of carbonyl (C=O) groups is 1. The Morgan fingerprint density at radius 1 is 1.11 bits per heavy atom. The van der Waals surface area contributed by atoms with Crippen molar-refractivity contribution in [2.75, 3.05) is 18.2 Å². The lowest BCUT2D eigenvalue weighted by Gasteiger charge is -2.08. The molecule has 0 atom stereocenters. The zero-order valence-electron chi connectivity index (χ0n) is 15.3. The van der Waals surface area contributed by atoms with Gasteiger partial charge in [0, 0.05) is 16.3 Å². The van der Waals surface area contributed by atoms with Gasteiger partial charge in [-0.1, -0.05) is 35.5 Å². The van der Waals surface area contributed by atoms with Gasteiger partial charge in [0.05, 0.1) is 18.6 Å². The fourth-order valence-corrected chi connectivity index (χ4v) is 3.60. The zero-order valence-corrected chi connectivity index (χ0v) is 16.9. The molecule has 2 aromatic rings. The predicted molar refractivity (Wildman–Crippen MR) is 114 cm³/mol. The van der Waals surface area contributed by atoms with Gasteiger partial charge in [-0.2, -0.15) is 0 Å². The van der Waals surface area contributed by atoms with Crippen LogP contribution < -0.4 is 10.1 Å². The molecular formula is C20H20ClN3O2S. The van der Waals surface area contributed by atoms with Crippen LogP contribution in [0.1, 0.15) is 19.4 Å². The van der Waals surface area contributed by atoms with Crippen LogP contribution in [0.2, 0.25) is 5.02 Å². The van der Waals surface area contributed by atoms with Crippen LogP contribution >= 0.6 is 23.4 Å². The first kappa shape index (κ1) is 19.5. The number of hydrogen-bond acceptors (Lipinski definition) is 5. The Kier molecular flexibility index (Phi) is 5.87. The molecule has 0 saturated carbocycles. The zero-order chi connectivity index (χ0) is 19.4. The van der Waals surface area contributed by atoms with Crippen LogP contribution in [0.25, 0.3) is 0 Å². The summed E-state index contributed by atoms with van der Waals surface area (Å²) in [6.07, 6.45) is 0. The maximum Gasteiger partial charge on any atom is 0.234 e. The van der Waals surface area contributed by atoms with Gasteiger partial charge in [0.15, 0.2) is 0 Å². The third-order valence-electron chi connectivity index (χ3n) is 3.79. The predicted octanol–water partition coefficient (Wildman–Crippen LogP) is 4.66. The molecule has 1 amide bonds. The lowest BCUT2D eigenvalue weighted by molar-refractivity contribution is -0.113. The highest BCUT2D eigenvalue weighted by Crippen LogP contribution is 2.27. The van der Waals surface area contributed by atoms with Gasteiger partial charge in [0.2, 0.25) is 5.91 Å². The summed E-state index contributed by atoms with van der Waals surface area (Å²) in [7, 11) is 1.61. The van der Waals surface area contributed by atoms with Crippen molar-refractivity contribution in [3.63, 3.8) is 0 Å². The standard InChI is InChI=1S/C20H20ClN3O2S/c1-20(2)23-18(13-4-6-14(21)7-5-13)19(24-20)27-12-17(25)22-15-8-10-16(26-3)11-9-15/h4-11H,12H2,1-3H3,(H,22,25). The van der Waals surface area contributed by atoms with Crippen LogP contribution in [-0.4, -0.2) is 35.2 Å². The number of aliphatic imine (C=N–C) groups is 2. The lowest BCUT2D eigenvalue weighted by Crippen LogP contribution is -2.17. The number of ether oxygens (including phenoxy) is 1. The highest BCUT2D eigenvalue weighted by atomic mass is 35.5. The first-order valence-electron chi connectivity index (χ1n) is 8.39. The van der Waals surface area contributed by atoms with Crippen molar-refractivity contribution in [2.24, 2.45) is 9.98 Å². The van der Waals surface area contributed by atoms with E-state index in [9.17, 15) is 4.79 Å². The van der Waals surface area contributed by atoms with Crippen LogP contribution in [0.4, 0.5) is 5.69 Å². The number of nitrogens with zero attached hydrogens (tertiary/aromatic N) is 2. The summed E-state index contributed by atoms with van der Waals surface area (Å²) in [6.45, 7) is 3.88. The molecular weight excluding hydrogens is 382 g/mol. The Balaban J connectivity index is 1.65. The van der Waals surface area contributed by atoms with E-state index in [1.165, 1.54) is 11.8 Å². The first-order valence-corrected chi connectivity index (χ1v) is 9.75. The second kappa shape index (κ2) is 8.15. The monoisotopic (exact) mass is 401 g/mol. The molecule has 1 heterocycles. The molecule has 27 heavy (non-hydrogen) atoms. The largest absolute Gasteiger partial charge is 0.497 e. The molecule has 1 aliphatic heterocycles. The fraction of sp³-hybridized carbons (Fsp3) is 0.250. The number of anilines is 1. The molecule has 140 valence electrons. The summed E-state index contributed by atoms with van der Waals surface area (Å²) in [5.74, 6) is 0.884. The second-order valence-corrected chi connectivity index (χ2v) is 7.84. The number of nitrogens with one attached hydrogen (secondary N) is 1. The van der Waals surface area contributed by atoms with E-state index in [2.05, 4.69) is 15.3 Å². The molecule has 0 bridgehead atoms. The average molecular weight is 402 g/mol. The normalized spacial score (nSPS) is 15.1. The molecule has 0 fully saturated rings. The summed E-state index contributed by atoms with van der Waals surface area (Å²) in [6, 6.07) is 14.7. The van der Waals surface area contributed by atoms with E-state index >= 15 is 0 Å². The quantitative estimate of drug-likeness (QED) is 0.792. The maximum absolute atomic E-state index is 12.3. The smallest absolute Gasteiger partial charge is 0.234 e. The van der Waals surface area contributed by atoms with Crippen molar-refractivity contribution >= 4 is 45.7 Å². The van der Waals surface area contributed by atoms with Crippen LogP contribution in [0.3, 0.4) is 0 Å². The molecule has 0 aliphatic carbocycles. The molecule has 2 aromatic carbocycles. The van der Waals surface area contributed by atoms with Crippen molar-refractivity contribution < 1.29 is 9.53 Å². The number of hydrogen-bond donors (Lipinski definition) is 1. The first-order chi connectivity index (χ1) is 12.9. The topological polar surface area (TPSA) is 63.0 Å². The third kappa shape index (κ3) is 5.11. The van der Waals surface area contributed by atoms with Crippen molar-refractivity contribution in [3.05, 3.63) is 59.1 Å². The number of amides is 1. The van der Waals surface area contributed by atoms with E-state index in [0.717, 1.165) is 27.8 Å². The minimum atomic E-state index is -0.538. The fourth-order valence-electron chi connectivity index (χ4n) is 2.55. The number of carbonyl (C=O) groups excluding carboxylic acids is 1. The van der Waals surface area contributed by atoms with Gasteiger partial charge < -0.3 is 10.1 Å². The van der Waals surface area contributed by atoms with Crippen LogP contribution in [0.15, 0.2) is 58.5 Å². The Hall–Kier alpha value is -2.31. The van der Waals surface area contributed by atoms with Gasteiger partial charge in [-0.25, -0.2) is 4.99 Å². The third-order valence-corrected chi connectivity index (χ3v) is 5.01. The molecule has 0 spiro atoms. The minimum absolute atomic E-state index is 0.104. The summed E-state index contributed by atoms with van der Waals surface area (Å²) in [5, 5.41) is 4.30. The highest BCUT2D eigenvalue weighted by molar-refractivity contribution is 8.16. The minimum Gasteiger partial charge on any atom is -0.497 e. The number of benzene rings is 2. The van der Waals surface area contributed by atoms with E-state index in [1.54, 1.807) is 31.4 Å². The van der Waals surface area contributed by atoms with Crippen LogP contribution in [-0.2, 0) is 4.79 Å². The van der Waals surface area contributed by atoms with E-state index in [4.69, 9.17) is 16.3 Å². The van der Waals surface area contributed by atoms with E-state index in [0.29, 0.717) is 5.02 Å². The Morgan fingerprint density at radius 3 is 2.41 bits per heavy atom. The van der Waals surface area contributed by atoms with Gasteiger partial charge in [-0.05, 0) is 50.2 Å². The molecule has 1 N–H and O–H groups in total. The average Bonchev–Trinajstić information content (AvgIpc) is 2.96. The number of methoxy groups -OCH3 is 1. The summed E-state index contributed by atoms with van der Waals surface area (Å²) in [4.78, 5) is 21.6. The number of halogens is 1. The second-order valence-electron chi connectivity index (χ2n) is 6.44. The molecule has 1 aliphatic rings. The molecule has 0 aromatic heterocycles. The summed E-state index contributed by atoms with van der Waals surface area (Å²) >= 11 is 7.35. The number of thioether (sulfide) groups is 1. The summed E-state index contributed by atoms with van der Waals surface area (Å²) in [5.41, 5.74) is 1.91. The van der Waals surface area contributed by atoms with Crippen molar-refractivity contribution in [2.45, 2.75) is 19.5 Å². The Morgan fingerprint density at radius 2 is 1.78 bits per heavy atom. The SMILES string of the molecule is COc1ccc(NC(=O)CSC2=NC(C)(C)N=C2c2ccc(Cl)cc2)cc1. The van der Waals surface area contributed by atoms with Gasteiger partial charge >= 0.3 is 0 Å². The molecule has 3 rings (SSSR count). The van der Waals surface area contributed by atoms with Crippen LogP contribution in [0.5, 0.6) is 5.75 Å². The van der Waals surface area contributed by atoms with Gasteiger partial charge in [-0.3, -0.25) is 9.79 Å². The molecule has 0 radical (unpaired) electrons. The highest BCUT2D eigenvalue weighted by Gasteiger charge is 2.28. The van der Waals surface area contributed by atoms with E-state index in [-0.39, 0.29) is 11.7 Å². The summed E-state index contributed by atoms with van der Waals surface area (Å²) < 4.78 is 5.12. The lowest BCUT2D eigenvalue weighted by atomic mass is 10.1.